The Morgan fingerprint density at radius 2 is 1.58 bits per heavy atom. The summed E-state index contributed by atoms with van der Waals surface area (Å²) in [5.41, 5.74) is 0.543. The molecule has 2 aromatic rings. The molecule has 3 heterocycles. The van der Waals surface area contributed by atoms with Crippen LogP contribution in [-0.2, 0) is 14.4 Å². The van der Waals surface area contributed by atoms with E-state index in [9.17, 15) is 24.0 Å². The number of rotatable bonds is 12. The fourth-order valence-electron chi connectivity index (χ4n) is 6.81. The van der Waals surface area contributed by atoms with E-state index in [-0.39, 0.29) is 23.9 Å². The monoisotopic (exact) mass is 684 g/mol. The summed E-state index contributed by atoms with van der Waals surface area (Å²) in [7, 11) is 1.95. The van der Waals surface area contributed by atoms with Crippen LogP contribution in [0.1, 0.15) is 72.0 Å². The lowest BCUT2D eigenvalue weighted by molar-refractivity contribution is -0.170. The highest BCUT2D eigenvalue weighted by atomic mass is 32.2. The van der Waals surface area contributed by atoms with Gasteiger partial charge >= 0.3 is 23.9 Å². The Labute approximate surface area is 283 Å². The fourth-order valence-corrected chi connectivity index (χ4v) is 7.21. The first kappa shape index (κ1) is 36.7. The zero-order chi connectivity index (χ0) is 35.0. The van der Waals surface area contributed by atoms with Crippen molar-refractivity contribution in [2.75, 3.05) is 46.0 Å². The molecule has 2 atom stereocenters. The quantitative estimate of drug-likeness (QED) is 0.206. The van der Waals surface area contributed by atoms with Gasteiger partial charge in [-0.1, -0.05) is 30.3 Å². The Bertz CT molecular complexity index is 1460. The highest BCUT2D eigenvalue weighted by Crippen LogP contribution is 2.44. The van der Waals surface area contributed by atoms with Gasteiger partial charge in [0.1, 0.15) is 0 Å². The Balaban J connectivity index is 0.000000341. The van der Waals surface area contributed by atoms with Gasteiger partial charge in [-0.2, -0.15) is 0 Å². The van der Waals surface area contributed by atoms with Crippen LogP contribution in [0.3, 0.4) is 0 Å². The van der Waals surface area contributed by atoms with Gasteiger partial charge in [0.25, 0.3) is 5.91 Å². The molecule has 0 saturated carbocycles. The number of carbonyl (C=O) groups excluding carboxylic acids is 2. The van der Waals surface area contributed by atoms with Gasteiger partial charge < -0.3 is 40.4 Å². The van der Waals surface area contributed by atoms with Crippen molar-refractivity contribution < 1.29 is 44.4 Å². The van der Waals surface area contributed by atoms with Crippen LogP contribution in [0, 0.1) is 0 Å². The third-order valence-corrected chi connectivity index (χ3v) is 10.1. The van der Waals surface area contributed by atoms with Crippen molar-refractivity contribution >= 4 is 41.6 Å². The van der Waals surface area contributed by atoms with Gasteiger partial charge in [0.05, 0.1) is 18.9 Å². The van der Waals surface area contributed by atoms with E-state index in [0.29, 0.717) is 6.04 Å². The van der Waals surface area contributed by atoms with Crippen molar-refractivity contribution in [3.8, 4) is 0 Å². The number of benzene rings is 2. The molecule has 14 heteroatoms. The van der Waals surface area contributed by atoms with Gasteiger partial charge in [0.2, 0.25) is 0 Å². The molecule has 3 amide bonds. The topological polar surface area (TPSA) is 188 Å². The molecule has 3 aliphatic rings. The number of amides is 3. The zero-order valence-corrected chi connectivity index (χ0v) is 28.0. The van der Waals surface area contributed by atoms with E-state index >= 15 is 0 Å². The van der Waals surface area contributed by atoms with E-state index in [0.717, 1.165) is 69.5 Å². The number of carboxylic acids is 3. The van der Waals surface area contributed by atoms with Crippen molar-refractivity contribution in [1.29, 1.82) is 0 Å². The summed E-state index contributed by atoms with van der Waals surface area (Å²) in [4.78, 5) is 63.6. The first-order valence-corrected chi connectivity index (χ1v) is 17.2. The number of nitrogens with zero attached hydrogens (tertiary/aromatic N) is 3. The normalized spacial score (nSPS) is 19.2. The van der Waals surface area contributed by atoms with Crippen LogP contribution in [0.4, 0.5) is 4.79 Å². The molecule has 0 bridgehead atoms. The summed E-state index contributed by atoms with van der Waals surface area (Å²) < 4.78 is 0. The van der Waals surface area contributed by atoms with Crippen molar-refractivity contribution in [2.45, 2.75) is 67.0 Å². The van der Waals surface area contributed by atoms with Crippen LogP contribution in [0.5, 0.6) is 0 Å². The number of carboxylic acid groups (broad SMARTS) is 3. The number of aliphatic carboxylic acids is 3. The predicted molar refractivity (Wildman–Crippen MR) is 178 cm³/mol. The van der Waals surface area contributed by atoms with Crippen molar-refractivity contribution in [2.24, 2.45) is 0 Å². The van der Waals surface area contributed by atoms with Crippen LogP contribution in [0.2, 0.25) is 0 Å². The maximum absolute atomic E-state index is 13.0. The molecule has 13 nitrogen and oxygen atoms in total. The lowest BCUT2D eigenvalue weighted by Gasteiger charge is -2.40. The third-order valence-electron chi connectivity index (χ3n) is 9.33. The predicted octanol–water partition coefficient (Wildman–Crippen LogP) is 3.34. The van der Waals surface area contributed by atoms with Crippen LogP contribution >= 0.6 is 11.8 Å². The Kier molecular flexibility index (Phi) is 12.5. The standard InChI is InChI=1S/C28H36N4O2S.C6H8O7/c1-30-26(24-6-3-4-7-25(24)27(30)33)23(20-8-10-22(35-2)11-9-20)14-19-31-17-12-21(13-18-31)32-16-5-15-29-28(32)34;7-3(8)1-6(13,5(11)12)2-4(9)10/h3-4,6-11,21,23,26H,5,12-19H2,1-2H3,(H,29,34);13H,1-2H2,(H,7,8)(H,9,10)(H,11,12). The fraction of sp³-hybridized carbons (Fsp3) is 0.500. The maximum atomic E-state index is 13.0. The SMILES string of the molecule is CSc1ccc(C(CCN2CCC(N3CCCNC3=O)CC2)C2c3ccccc3C(=O)N2C)cc1.O=C(O)CC(O)(CC(=O)O)C(=O)O. The zero-order valence-electron chi connectivity index (χ0n) is 27.2. The van der Waals surface area contributed by atoms with Gasteiger partial charge in [0, 0.05) is 55.6 Å². The summed E-state index contributed by atoms with van der Waals surface area (Å²) in [6.45, 7) is 4.71. The molecule has 0 aromatic heterocycles. The Hall–Kier alpha value is -4.14. The molecule has 2 saturated heterocycles. The molecular weight excluding hydrogens is 640 g/mol. The van der Waals surface area contributed by atoms with Gasteiger partial charge in [-0.3, -0.25) is 14.4 Å². The van der Waals surface area contributed by atoms with Gasteiger partial charge in [-0.15, -0.1) is 11.8 Å². The molecule has 0 aliphatic carbocycles. The summed E-state index contributed by atoms with van der Waals surface area (Å²) >= 11 is 1.75. The Morgan fingerprint density at radius 1 is 0.958 bits per heavy atom. The molecule has 5 N–H and O–H groups in total. The number of piperidine rings is 1. The van der Waals surface area contributed by atoms with Crippen molar-refractivity contribution in [3.05, 3.63) is 65.2 Å². The minimum absolute atomic E-state index is 0.0495. The second-order valence-corrected chi connectivity index (χ2v) is 13.3. The molecule has 48 heavy (non-hydrogen) atoms. The van der Waals surface area contributed by atoms with Crippen LogP contribution in [-0.4, -0.2) is 123 Å². The van der Waals surface area contributed by atoms with Crippen molar-refractivity contribution in [1.82, 2.24) is 20.0 Å². The number of thioether (sulfide) groups is 1. The number of carbonyl (C=O) groups is 5. The lowest BCUT2D eigenvalue weighted by Crippen LogP contribution is -2.54. The molecule has 260 valence electrons. The van der Waals surface area contributed by atoms with Crippen LogP contribution in [0.15, 0.2) is 53.4 Å². The minimum atomic E-state index is -2.74. The maximum Gasteiger partial charge on any atom is 0.336 e. The first-order chi connectivity index (χ1) is 22.8. The molecule has 3 aliphatic heterocycles. The lowest BCUT2D eigenvalue weighted by atomic mass is 9.84. The summed E-state index contributed by atoms with van der Waals surface area (Å²) in [5, 5.41) is 36.8. The first-order valence-electron chi connectivity index (χ1n) is 16.0. The number of hydrogen-bond donors (Lipinski definition) is 5. The summed E-state index contributed by atoms with van der Waals surface area (Å²) in [6.07, 6.45) is 3.91. The van der Waals surface area contributed by atoms with E-state index in [4.69, 9.17) is 20.4 Å². The van der Waals surface area contributed by atoms with E-state index < -0.39 is 36.4 Å². The van der Waals surface area contributed by atoms with Crippen LogP contribution < -0.4 is 5.32 Å². The summed E-state index contributed by atoms with van der Waals surface area (Å²) in [6, 6.07) is 17.5. The molecule has 0 spiro atoms. The highest BCUT2D eigenvalue weighted by Gasteiger charge is 2.41. The number of fused-ring (bicyclic) bond motifs is 1. The van der Waals surface area contributed by atoms with E-state index in [1.807, 2.05) is 35.0 Å². The largest absolute Gasteiger partial charge is 0.481 e. The number of likely N-dealkylation sites (tertiary alicyclic amines) is 1. The third kappa shape index (κ3) is 8.85. The second-order valence-electron chi connectivity index (χ2n) is 12.4. The summed E-state index contributed by atoms with van der Waals surface area (Å²) in [5.74, 6) is -4.67. The number of urea groups is 1. The highest BCUT2D eigenvalue weighted by molar-refractivity contribution is 7.98. The van der Waals surface area contributed by atoms with E-state index in [2.05, 4.69) is 46.8 Å². The molecular formula is C34H44N4O9S. The van der Waals surface area contributed by atoms with Crippen molar-refractivity contribution in [3.63, 3.8) is 0 Å². The van der Waals surface area contributed by atoms with Gasteiger partial charge in [0.15, 0.2) is 5.60 Å². The average Bonchev–Trinajstić information content (AvgIpc) is 3.31. The van der Waals surface area contributed by atoms with Gasteiger partial charge in [-0.25, -0.2) is 9.59 Å². The number of aliphatic hydroxyl groups is 1. The number of hydrogen-bond acceptors (Lipinski definition) is 8. The molecule has 2 aromatic carbocycles. The number of nitrogens with one attached hydrogen (secondary N) is 1. The molecule has 0 radical (unpaired) electrons. The number of likely N-dealkylation sites (N-methyl/N-ethyl adjacent to an activating group) is 1. The molecule has 5 rings (SSSR count). The van der Waals surface area contributed by atoms with E-state index in [1.165, 1.54) is 10.5 Å². The molecule has 2 unspecified atom stereocenters. The van der Waals surface area contributed by atoms with Gasteiger partial charge in [-0.05, 0) is 67.8 Å². The molecule has 2 fully saturated rings. The second kappa shape index (κ2) is 16.3. The smallest absolute Gasteiger partial charge is 0.336 e. The van der Waals surface area contributed by atoms with Crippen LogP contribution in [0.25, 0.3) is 0 Å². The average molecular weight is 685 g/mol. The minimum Gasteiger partial charge on any atom is -0.481 e. The Morgan fingerprint density at radius 3 is 2.15 bits per heavy atom. The van der Waals surface area contributed by atoms with E-state index in [1.54, 1.807) is 11.8 Å².